The largest absolute Gasteiger partial charge is 0.481 e. The van der Waals surface area contributed by atoms with Gasteiger partial charge in [-0.1, -0.05) is 24.3 Å². The van der Waals surface area contributed by atoms with Crippen LogP contribution in [0.3, 0.4) is 0 Å². The van der Waals surface area contributed by atoms with Gasteiger partial charge in [-0.3, -0.25) is 9.59 Å². The first kappa shape index (κ1) is 15.6. The molecule has 0 atom stereocenters. The van der Waals surface area contributed by atoms with Gasteiger partial charge in [0.25, 0.3) is 0 Å². The number of carboxylic acid groups (broad SMARTS) is 2. The first-order valence-electron chi connectivity index (χ1n) is 6.37. The quantitative estimate of drug-likeness (QED) is 0.890. The Bertz CT molecular complexity index is 677. The van der Waals surface area contributed by atoms with Crippen molar-refractivity contribution in [2.45, 2.75) is 12.8 Å². The van der Waals surface area contributed by atoms with Crippen LogP contribution >= 0.6 is 0 Å². The second-order valence-electron chi connectivity index (χ2n) is 4.75. The molecule has 22 heavy (non-hydrogen) atoms. The third-order valence-corrected chi connectivity index (χ3v) is 3.12. The van der Waals surface area contributed by atoms with Gasteiger partial charge < -0.3 is 10.2 Å². The van der Waals surface area contributed by atoms with Crippen molar-refractivity contribution in [3.05, 3.63) is 59.2 Å². The highest BCUT2D eigenvalue weighted by Crippen LogP contribution is 2.24. The summed E-state index contributed by atoms with van der Waals surface area (Å²) in [4.78, 5) is 21.2. The van der Waals surface area contributed by atoms with Crippen LogP contribution < -0.4 is 0 Å². The first-order chi connectivity index (χ1) is 10.4. The number of halogens is 2. The van der Waals surface area contributed by atoms with Crippen LogP contribution in [0.2, 0.25) is 0 Å². The molecule has 0 aromatic heterocycles. The molecule has 2 N–H and O–H groups in total. The number of carboxylic acids is 2. The summed E-state index contributed by atoms with van der Waals surface area (Å²) in [7, 11) is 0. The lowest BCUT2D eigenvalue weighted by molar-refractivity contribution is -0.137. The van der Waals surface area contributed by atoms with Crippen molar-refractivity contribution < 1.29 is 28.6 Å². The van der Waals surface area contributed by atoms with E-state index in [0.29, 0.717) is 11.1 Å². The molecule has 0 saturated carbocycles. The van der Waals surface area contributed by atoms with E-state index in [1.54, 1.807) is 0 Å². The Kier molecular flexibility index (Phi) is 4.50. The summed E-state index contributed by atoms with van der Waals surface area (Å²) in [6.07, 6.45) is -0.865. The lowest BCUT2D eigenvalue weighted by atomic mass is 10.00. The Morgan fingerprint density at radius 3 is 1.41 bits per heavy atom. The molecule has 0 aliphatic rings. The molecule has 0 aliphatic heterocycles. The molecule has 2 aromatic rings. The Hall–Kier alpha value is -2.76. The molecule has 0 radical (unpaired) electrons. The maximum Gasteiger partial charge on any atom is 0.307 e. The zero-order chi connectivity index (χ0) is 16.3. The van der Waals surface area contributed by atoms with Gasteiger partial charge in [-0.05, 0) is 34.4 Å². The summed E-state index contributed by atoms with van der Waals surface area (Å²) in [5.74, 6) is -3.66. The Labute approximate surface area is 124 Å². The molecule has 114 valence electrons. The van der Waals surface area contributed by atoms with Crippen molar-refractivity contribution in [3.63, 3.8) is 0 Å². The number of hydrogen-bond donors (Lipinski definition) is 2. The number of aliphatic carboxylic acids is 2. The predicted molar refractivity (Wildman–Crippen MR) is 74.5 cm³/mol. The van der Waals surface area contributed by atoms with E-state index in [1.807, 2.05) is 0 Å². The summed E-state index contributed by atoms with van der Waals surface area (Å²) in [5.41, 5.74) is 0.846. The zero-order valence-electron chi connectivity index (χ0n) is 11.3. The van der Waals surface area contributed by atoms with E-state index in [1.165, 1.54) is 24.3 Å². The van der Waals surface area contributed by atoms with Crippen molar-refractivity contribution >= 4 is 11.9 Å². The standard InChI is InChI=1S/C16H12F2O4/c17-13-5-9(1-3-11(13)7-15(19)20)10-2-4-12(8-16(21)22)14(18)6-10/h1-6H,7-8H2,(H,19,20)(H,21,22). The van der Waals surface area contributed by atoms with E-state index in [9.17, 15) is 18.4 Å². The first-order valence-corrected chi connectivity index (χ1v) is 6.37. The van der Waals surface area contributed by atoms with Gasteiger partial charge in [-0.25, -0.2) is 8.78 Å². The fourth-order valence-electron chi connectivity index (χ4n) is 2.07. The monoisotopic (exact) mass is 306 g/mol. The van der Waals surface area contributed by atoms with E-state index in [4.69, 9.17) is 10.2 Å². The molecular weight excluding hydrogens is 294 g/mol. The van der Waals surface area contributed by atoms with Crippen molar-refractivity contribution in [3.8, 4) is 11.1 Å². The minimum absolute atomic E-state index is 0.0409. The van der Waals surface area contributed by atoms with E-state index < -0.39 is 36.4 Å². The highest BCUT2D eigenvalue weighted by Gasteiger charge is 2.11. The fraction of sp³-hybridized carbons (Fsp3) is 0.125. The van der Waals surface area contributed by atoms with Crippen LogP contribution in [0, 0.1) is 11.6 Å². The Morgan fingerprint density at radius 2 is 1.14 bits per heavy atom. The molecule has 0 spiro atoms. The average Bonchev–Trinajstić information content (AvgIpc) is 2.42. The van der Waals surface area contributed by atoms with Crippen molar-refractivity contribution in [1.29, 1.82) is 0 Å². The summed E-state index contributed by atoms with van der Waals surface area (Å²) in [5, 5.41) is 17.3. The highest BCUT2D eigenvalue weighted by molar-refractivity contribution is 5.72. The van der Waals surface area contributed by atoms with E-state index in [0.717, 1.165) is 12.1 Å². The minimum atomic E-state index is -1.14. The average molecular weight is 306 g/mol. The van der Waals surface area contributed by atoms with Crippen LogP contribution in [0.4, 0.5) is 8.78 Å². The fourth-order valence-corrected chi connectivity index (χ4v) is 2.07. The van der Waals surface area contributed by atoms with Crippen LogP contribution in [0.15, 0.2) is 36.4 Å². The Balaban J connectivity index is 2.32. The topological polar surface area (TPSA) is 74.6 Å². The number of hydrogen-bond acceptors (Lipinski definition) is 2. The third kappa shape index (κ3) is 3.66. The van der Waals surface area contributed by atoms with Crippen LogP contribution in [0.5, 0.6) is 0 Å². The van der Waals surface area contributed by atoms with Crippen molar-refractivity contribution in [2.75, 3.05) is 0 Å². The van der Waals surface area contributed by atoms with Crippen LogP contribution in [-0.4, -0.2) is 22.2 Å². The van der Waals surface area contributed by atoms with Gasteiger partial charge in [-0.2, -0.15) is 0 Å². The Morgan fingerprint density at radius 1 is 0.773 bits per heavy atom. The molecule has 2 aromatic carbocycles. The van der Waals surface area contributed by atoms with E-state index >= 15 is 0 Å². The molecule has 6 heteroatoms. The molecule has 0 aliphatic carbocycles. The van der Waals surface area contributed by atoms with Gasteiger partial charge in [0.15, 0.2) is 0 Å². The van der Waals surface area contributed by atoms with Gasteiger partial charge in [0.1, 0.15) is 11.6 Å². The molecule has 0 saturated heterocycles. The molecule has 0 heterocycles. The minimum Gasteiger partial charge on any atom is -0.481 e. The summed E-state index contributed by atoms with van der Waals surface area (Å²) in [6, 6.07) is 7.91. The molecule has 0 unspecified atom stereocenters. The third-order valence-electron chi connectivity index (χ3n) is 3.12. The van der Waals surface area contributed by atoms with Gasteiger partial charge in [-0.15, -0.1) is 0 Å². The maximum atomic E-state index is 13.8. The summed E-state index contributed by atoms with van der Waals surface area (Å²) in [6.45, 7) is 0. The van der Waals surface area contributed by atoms with Crippen LogP contribution in [0.25, 0.3) is 11.1 Å². The highest BCUT2D eigenvalue weighted by atomic mass is 19.1. The van der Waals surface area contributed by atoms with Gasteiger partial charge >= 0.3 is 11.9 Å². The molecular formula is C16H12F2O4. The predicted octanol–water partition coefficient (Wildman–Crippen LogP) is 2.89. The van der Waals surface area contributed by atoms with Crippen molar-refractivity contribution in [2.24, 2.45) is 0 Å². The second kappa shape index (κ2) is 6.34. The van der Waals surface area contributed by atoms with Gasteiger partial charge in [0.2, 0.25) is 0 Å². The molecule has 2 rings (SSSR count). The summed E-state index contributed by atoms with van der Waals surface area (Å²) < 4.78 is 27.6. The number of carbonyl (C=O) groups is 2. The lowest BCUT2D eigenvalue weighted by Crippen LogP contribution is -2.03. The number of benzene rings is 2. The zero-order valence-corrected chi connectivity index (χ0v) is 11.3. The molecule has 4 nitrogen and oxygen atoms in total. The molecule has 0 amide bonds. The maximum absolute atomic E-state index is 13.8. The number of rotatable bonds is 5. The van der Waals surface area contributed by atoms with Crippen LogP contribution in [0.1, 0.15) is 11.1 Å². The van der Waals surface area contributed by atoms with E-state index in [-0.39, 0.29) is 11.1 Å². The molecule has 0 bridgehead atoms. The van der Waals surface area contributed by atoms with Gasteiger partial charge in [0.05, 0.1) is 12.8 Å². The smallest absolute Gasteiger partial charge is 0.307 e. The SMILES string of the molecule is O=C(O)Cc1ccc(-c2ccc(CC(=O)O)c(F)c2)cc1F. The normalized spacial score (nSPS) is 10.5. The van der Waals surface area contributed by atoms with Crippen LogP contribution in [-0.2, 0) is 22.4 Å². The second-order valence-corrected chi connectivity index (χ2v) is 4.75. The van der Waals surface area contributed by atoms with E-state index in [2.05, 4.69) is 0 Å². The molecule has 0 fully saturated rings. The summed E-state index contributed by atoms with van der Waals surface area (Å²) >= 11 is 0. The van der Waals surface area contributed by atoms with Gasteiger partial charge in [0, 0.05) is 0 Å². The lowest BCUT2D eigenvalue weighted by Gasteiger charge is -2.07. The van der Waals surface area contributed by atoms with Crippen molar-refractivity contribution in [1.82, 2.24) is 0 Å².